The fourth-order valence-corrected chi connectivity index (χ4v) is 3.00. The van der Waals surface area contributed by atoms with Crippen LogP contribution in [0.25, 0.3) is 0 Å². The SMILES string of the molecule is CC(C)(C)SCCSCCC(=O)C(C)(C)C. The van der Waals surface area contributed by atoms with Gasteiger partial charge in [0.05, 0.1) is 0 Å². The Morgan fingerprint density at radius 1 is 0.938 bits per heavy atom. The lowest BCUT2D eigenvalue weighted by Gasteiger charge is -2.17. The first kappa shape index (κ1) is 16.4. The summed E-state index contributed by atoms with van der Waals surface area (Å²) in [6.45, 7) is 12.7. The first-order chi connectivity index (χ1) is 7.13. The molecule has 0 N–H and O–H groups in total. The summed E-state index contributed by atoms with van der Waals surface area (Å²) in [7, 11) is 0. The molecule has 3 heteroatoms. The van der Waals surface area contributed by atoms with Gasteiger partial charge in [0.15, 0.2) is 0 Å². The molecule has 0 saturated heterocycles. The van der Waals surface area contributed by atoms with Crippen LogP contribution >= 0.6 is 23.5 Å². The van der Waals surface area contributed by atoms with Crippen LogP contribution in [0, 0.1) is 5.41 Å². The summed E-state index contributed by atoms with van der Waals surface area (Å²) >= 11 is 3.89. The maximum absolute atomic E-state index is 11.6. The molecule has 0 heterocycles. The first-order valence-corrected chi connectivity index (χ1v) is 8.02. The highest BCUT2D eigenvalue weighted by molar-refractivity contribution is 8.03. The summed E-state index contributed by atoms with van der Waals surface area (Å²) in [6.07, 6.45) is 0.717. The molecule has 0 spiro atoms. The summed E-state index contributed by atoms with van der Waals surface area (Å²) in [5, 5.41) is 0. The second-order valence-corrected chi connectivity index (χ2v) is 9.14. The van der Waals surface area contributed by atoms with Gasteiger partial charge in [0, 0.05) is 33.8 Å². The molecule has 96 valence electrons. The zero-order chi connectivity index (χ0) is 12.8. The Labute approximate surface area is 110 Å². The van der Waals surface area contributed by atoms with Crippen LogP contribution < -0.4 is 0 Å². The number of Topliss-reactive ketones (excluding diaryl/α,β-unsaturated/α-hetero) is 1. The van der Waals surface area contributed by atoms with Gasteiger partial charge in [0.25, 0.3) is 0 Å². The van der Waals surface area contributed by atoms with E-state index in [1.807, 2.05) is 44.3 Å². The monoisotopic (exact) mass is 262 g/mol. The molecule has 0 saturated carbocycles. The van der Waals surface area contributed by atoms with Crippen LogP contribution in [0.5, 0.6) is 0 Å². The summed E-state index contributed by atoms with van der Waals surface area (Å²) in [6, 6.07) is 0. The van der Waals surface area contributed by atoms with Gasteiger partial charge in [-0.25, -0.2) is 0 Å². The van der Waals surface area contributed by atoms with Crippen molar-refractivity contribution in [2.24, 2.45) is 5.41 Å². The highest BCUT2D eigenvalue weighted by atomic mass is 32.2. The van der Waals surface area contributed by atoms with E-state index < -0.39 is 0 Å². The van der Waals surface area contributed by atoms with Crippen LogP contribution in [0.2, 0.25) is 0 Å². The van der Waals surface area contributed by atoms with E-state index in [0.29, 0.717) is 17.0 Å². The van der Waals surface area contributed by atoms with Crippen molar-refractivity contribution in [1.29, 1.82) is 0 Å². The van der Waals surface area contributed by atoms with Crippen molar-refractivity contribution in [2.75, 3.05) is 17.3 Å². The fraction of sp³-hybridized carbons (Fsp3) is 0.923. The molecule has 0 aliphatic rings. The van der Waals surface area contributed by atoms with Crippen LogP contribution in [0.4, 0.5) is 0 Å². The third-order valence-corrected chi connectivity index (χ3v) is 4.59. The van der Waals surface area contributed by atoms with Gasteiger partial charge < -0.3 is 0 Å². The summed E-state index contributed by atoms with van der Waals surface area (Å²) in [5.41, 5.74) is -0.166. The Hall–Kier alpha value is 0.370. The van der Waals surface area contributed by atoms with Crippen molar-refractivity contribution in [1.82, 2.24) is 0 Å². The largest absolute Gasteiger partial charge is 0.299 e. The van der Waals surface area contributed by atoms with Gasteiger partial charge in [-0.2, -0.15) is 23.5 Å². The lowest BCUT2D eigenvalue weighted by Crippen LogP contribution is -2.20. The molecular weight excluding hydrogens is 236 g/mol. The topological polar surface area (TPSA) is 17.1 Å². The number of hydrogen-bond acceptors (Lipinski definition) is 3. The average molecular weight is 262 g/mol. The van der Waals surface area contributed by atoms with Crippen LogP contribution in [-0.2, 0) is 4.79 Å². The van der Waals surface area contributed by atoms with E-state index in [1.54, 1.807) is 0 Å². The minimum absolute atomic E-state index is 0.166. The average Bonchev–Trinajstić information content (AvgIpc) is 2.07. The zero-order valence-corrected chi connectivity index (χ0v) is 13.2. The highest BCUT2D eigenvalue weighted by Crippen LogP contribution is 2.24. The molecular formula is C13H26OS2. The third-order valence-electron chi connectivity index (χ3n) is 2.07. The lowest BCUT2D eigenvalue weighted by atomic mass is 9.89. The van der Waals surface area contributed by atoms with E-state index in [-0.39, 0.29) is 5.41 Å². The van der Waals surface area contributed by atoms with E-state index >= 15 is 0 Å². The van der Waals surface area contributed by atoms with Crippen molar-refractivity contribution in [3.8, 4) is 0 Å². The van der Waals surface area contributed by atoms with Gasteiger partial charge >= 0.3 is 0 Å². The van der Waals surface area contributed by atoms with Crippen LogP contribution in [0.1, 0.15) is 48.0 Å². The number of ketones is 1. The molecule has 16 heavy (non-hydrogen) atoms. The molecule has 0 atom stereocenters. The van der Waals surface area contributed by atoms with E-state index in [2.05, 4.69) is 20.8 Å². The number of rotatable bonds is 6. The normalized spacial score (nSPS) is 12.9. The van der Waals surface area contributed by atoms with Crippen LogP contribution in [0.3, 0.4) is 0 Å². The molecule has 0 aromatic carbocycles. The summed E-state index contributed by atoms with van der Waals surface area (Å²) in [4.78, 5) is 11.6. The van der Waals surface area contributed by atoms with Crippen molar-refractivity contribution < 1.29 is 4.79 Å². The summed E-state index contributed by atoms with van der Waals surface area (Å²) < 4.78 is 0.363. The maximum Gasteiger partial charge on any atom is 0.139 e. The lowest BCUT2D eigenvalue weighted by molar-refractivity contribution is -0.125. The molecule has 0 amide bonds. The number of carbonyl (C=O) groups is 1. The second kappa shape index (κ2) is 6.95. The summed E-state index contributed by atoms with van der Waals surface area (Å²) in [5.74, 6) is 3.68. The predicted octanol–water partition coefficient (Wildman–Crippen LogP) is 4.26. The quantitative estimate of drug-likeness (QED) is 0.666. The Kier molecular flexibility index (Phi) is 7.11. The Morgan fingerprint density at radius 3 is 1.94 bits per heavy atom. The Morgan fingerprint density at radius 2 is 1.50 bits per heavy atom. The number of hydrogen-bond donors (Lipinski definition) is 0. The molecule has 0 aliphatic carbocycles. The first-order valence-electron chi connectivity index (χ1n) is 5.88. The van der Waals surface area contributed by atoms with Gasteiger partial charge in [0.2, 0.25) is 0 Å². The van der Waals surface area contributed by atoms with E-state index in [0.717, 1.165) is 11.5 Å². The van der Waals surface area contributed by atoms with Crippen molar-refractivity contribution >= 4 is 29.3 Å². The molecule has 0 rings (SSSR count). The van der Waals surface area contributed by atoms with Crippen molar-refractivity contribution in [3.05, 3.63) is 0 Å². The zero-order valence-electron chi connectivity index (χ0n) is 11.6. The van der Waals surface area contributed by atoms with Gasteiger partial charge in [-0.1, -0.05) is 41.5 Å². The number of thioether (sulfide) groups is 2. The van der Waals surface area contributed by atoms with Crippen LogP contribution in [-0.4, -0.2) is 27.8 Å². The second-order valence-electron chi connectivity index (χ2n) is 6.00. The predicted molar refractivity (Wildman–Crippen MR) is 78.6 cm³/mol. The number of carbonyl (C=O) groups excluding carboxylic acids is 1. The Bertz CT molecular complexity index is 211. The van der Waals surface area contributed by atoms with Gasteiger partial charge in [-0.3, -0.25) is 4.79 Å². The van der Waals surface area contributed by atoms with Gasteiger partial charge in [0.1, 0.15) is 5.78 Å². The highest BCUT2D eigenvalue weighted by Gasteiger charge is 2.20. The standard InChI is InChI=1S/C13H26OS2/c1-12(2,3)11(14)7-8-15-9-10-16-13(4,5)6/h7-10H2,1-6H3. The van der Waals surface area contributed by atoms with Crippen molar-refractivity contribution in [3.63, 3.8) is 0 Å². The molecule has 0 radical (unpaired) electrons. The Balaban J connectivity index is 3.45. The smallest absolute Gasteiger partial charge is 0.139 e. The third kappa shape index (κ3) is 9.59. The van der Waals surface area contributed by atoms with Crippen LogP contribution in [0.15, 0.2) is 0 Å². The van der Waals surface area contributed by atoms with E-state index in [9.17, 15) is 4.79 Å². The fourth-order valence-electron chi connectivity index (χ4n) is 1.05. The molecule has 0 unspecified atom stereocenters. The molecule has 1 nitrogen and oxygen atoms in total. The maximum atomic E-state index is 11.6. The molecule has 0 fully saturated rings. The molecule has 0 aliphatic heterocycles. The van der Waals surface area contributed by atoms with E-state index in [4.69, 9.17) is 0 Å². The minimum atomic E-state index is -0.166. The van der Waals surface area contributed by atoms with Crippen molar-refractivity contribution in [2.45, 2.75) is 52.7 Å². The molecule has 0 bridgehead atoms. The van der Waals surface area contributed by atoms with E-state index in [1.165, 1.54) is 5.75 Å². The minimum Gasteiger partial charge on any atom is -0.299 e. The molecule has 0 aromatic rings. The van der Waals surface area contributed by atoms with Gasteiger partial charge in [-0.05, 0) is 0 Å². The van der Waals surface area contributed by atoms with Gasteiger partial charge in [-0.15, -0.1) is 0 Å². The molecule has 0 aromatic heterocycles.